The molecule has 0 aliphatic rings. The number of halogens is 4. The molecule has 25 heavy (non-hydrogen) atoms. The fourth-order valence-electron chi connectivity index (χ4n) is 2.37. The molecule has 0 saturated heterocycles. The van der Waals surface area contributed by atoms with Gasteiger partial charge in [-0.05, 0) is 35.0 Å². The molecule has 0 aliphatic heterocycles. The maximum absolute atomic E-state index is 12.8. The average Bonchev–Trinajstić information content (AvgIpc) is 2.57. The number of anilines is 1. The number of hydrogen-bond donors (Lipinski definition) is 2. The van der Waals surface area contributed by atoms with E-state index in [4.69, 9.17) is 11.6 Å². The molecule has 128 valence electrons. The predicted molar refractivity (Wildman–Crippen MR) is 93.3 cm³/mol. The second kappa shape index (κ2) is 6.64. The van der Waals surface area contributed by atoms with Crippen molar-refractivity contribution in [3.8, 4) is 5.75 Å². The lowest BCUT2D eigenvalue weighted by molar-refractivity contribution is -0.137. The fraction of sp³-hybridized carbons (Fsp3) is 0.0556. The van der Waals surface area contributed by atoms with E-state index in [1.54, 1.807) is 6.07 Å². The van der Waals surface area contributed by atoms with E-state index in [2.05, 4.69) is 10.5 Å². The Kier molecular flexibility index (Phi) is 4.55. The lowest BCUT2D eigenvalue weighted by Gasteiger charge is -2.10. The van der Waals surface area contributed by atoms with Gasteiger partial charge in [0.1, 0.15) is 5.75 Å². The number of fused-ring (bicyclic) bond motifs is 1. The molecule has 0 aliphatic carbocycles. The van der Waals surface area contributed by atoms with Crippen molar-refractivity contribution < 1.29 is 18.3 Å². The average molecular weight is 365 g/mol. The van der Waals surface area contributed by atoms with Crippen LogP contribution in [-0.2, 0) is 6.18 Å². The van der Waals surface area contributed by atoms with Crippen molar-refractivity contribution in [3.05, 3.63) is 70.7 Å². The molecule has 3 rings (SSSR count). The summed E-state index contributed by atoms with van der Waals surface area (Å²) in [6.07, 6.45) is -3.13. The summed E-state index contributed by atoms with van der Waals surface area (Å²) in [6, 6.07) is 13.6. The van der Waals surface area contributed by atoms with Crippen molar-refractivity contribution in [3.63, 3.8) is 0 Å². The summed E-state index contributed by atoms with van der Waals surface area (Å²) in [5, 5.41) is 15.7. The number of hydrogen-bond acceptors (Lipinski definition) is 3. The molecule has 0 spiro atoms. The Morgan fingerprint density at radius 1 is 1.04 bits per heavy atom. The van der Waals surface area contributed by atoms with Gasteiger partial charge in [0.05, 0.1) is 22.5 Å². The number of phenols is 1. The van der Waals surface area contributed by atoms with Crippen molar-refractivity contribution in [1.82, 2.24) is 0 Å². The zero-order valence-corrected chi connectivity index (χ0v) is 13.4. The molecule has 0 atom stereocenters. The van der Waals surface area contributed by atoms with Crippen LogP contribution >= 0.6 is 11.6 Å². The molecule has 0 aromatic heterocycles. The highest BCUT2D eigenvalue weighted by atomic mass is 35.5. The molecule has 0 radical (unpaired) electrons. The third-order valence-corrected chi connectivity index (χ3v) is 3.95. The van der Waals surface area contributed by atoms with E-state index in [1.165, 1.54) is 12.3 Å². The van der Waals surface area contributed by atoms with Gasteiger partial charge in [-0.15, -0.1) is 0 Å². The topological polar surface area (TPSA) is 44.6 Å². The number of aromatic hydroxyl groups is 1. The smallest absolute Gasteiger partial charge is 0.416 e. The molecule has 0 heterocycles. The summed E-state index contributed by atoms with van der Waals surface area (Å²) in [4.78, 5) is 0. The summed E-state index contributed by atoms with van der Waals surface area (Å²) in [7, 11) is 0. The number of nitrogens with one attached hydrogen (secondary N) is 1. The first-order valence-corrected chi connectivity index (χ1v) is 7.60. The Bertz CT molecular complexity index is 955. The minimum Gasteiger partial charge on any atom is -0.507 e. The summed E-state index contributed by atoms with van der Waals surface area (Å²) < 4.78 is 38.3. The highest BCUT2D eigenvalue weighted by Crippen LogP contribution is 2.34. The molecule has 0 bridgehead atoms. The molecule has 0 saturated carbocycles. The van der Waals surface area contributed by atoms with Gasteiger partial charge >= 0.3 is 6.18 Å². The zero-order valence-electron chi connectivity index (χ0n) is 12.7. The van der Waals surface area contributed by atoms with Crippen LogP contribution in [-0.4, -0.2) is 11.3 Å². The molecule has 2 N–H and O–H groups in total. The Labute approximate surface area is 146 Å². The maximum Gasteiger partial charge on any atom is 0.416 e. The van der Waals surface area contributed by atoms with E-state index >= 15 is 0 Å². The summed E-state index contributed by atoms with van der Waals surface area (Å²) in [5.74, 6) is 0.0133. The van der Waals surface area contributed by atoms with E-state index in [0.29, 0.717) is 5.56 Å². The number of nitrogens with zero attached hydrogens (tertiary/aromatic N) is 1. The van der Waals surface area contributed by atoms with Gasteiger partial charge in [-0.2, -0.15) is 18.3 Å². The Balaban J connectivity index is 1.91. The molecule has 3 nitrogen and oxygen atoms in total. The number of hydrazone groups is 1. The highest BCUT2D eigenvalue weighted by Gasteiger charge is 2.30. The quantitative estimate of drug-likeness (QED) is 0.465. The third kappa shape index (κ3) is 3.69. The van der Waals surface area contributed by atoms with Crippen LogP contribution < -0.4 is 5.43 Å². The van der Waals surface area contributed by atoms with Crippen LogP contribution in [0, 0.1) is 0 Å². The van der Waals surface area contributed by atoms with E-state index in [-0.39, 0.29) is 16.5 Å². The summed E-state index contributed by atoms with van der Waals surface area (Å²) in [6.45, 7) is 0. The SMILES string of the molecule is Oc1ccc2ccccc2c1C=NNc1cc(C(F)(F)F)ccc1Cl. The second-order valence-corrected chi connectivity index (χ2v) is 5.69. The van der Waals surface area contributed by atoms with Crippen molar-refractivity contribution in [2.75, 3.05) is 5.43 Å². The van der Waals surface area contributed by atoms with Crippen LogP contribution in [0.4, 0.5) is 18.9 Å². The standard InChI is InChI=1S/C18H12ClF3N2O/c19-15-7-6-12(18(20,21)22)9-16(15)24-23-10-14-13-4-2-1-3-11(13)5-8-17(14)25/h1-10,24-25H. The fourth-order valence-corrected chi connectivity index (χ4v) is 2.53. The lowest BCUT2D eigenvalue weighted by atomic mass is 10.0. The van der Waals surface area contributed by atoms with Crippen LogP contribution in [0.5, 0.6) is 5.75 Å². The minimum atomic E-state index is -4.47. The van der Waals surface area contributed by atoms with E-state index < -0.39 is 11.7 Å². The van der Waals surface area contributed by atoms with Crippen LogP contribution in [0.15, 0.2) is 59.7 Å². The van der Waals surface area contributed by atoms with Gasteiger partial charge in [-0.25, -0.2) is 0 Å². The third-order valence-electron chi connectivity index (χ3n) is 3.62. The molecular weight excluding hydrogens is 353 g/mol. The first-order valence-electron chi connectivity index (χ1n) is 7.23. The van der Waals surface area contributed by atoms with Crippen LogP contribution in [0.3, 0.4) is 0 Å². The molecule has 0 amide bonds. The largest absolute Gasteiger partial charge is 0.507 e. The van der Waals surface area contributed by atoms with E-state index in [0.717, 1.165) is 29.0 Å². The van der Waals surface area contributed by atoms with Gasteiger partial charge in [0, 0.05) is 5.56 Å². The molecule has 0 fully saturated rings. The molecular formula is C18H12ClF3N2O. The first-order chi connectivity index (χ1) is 11.9. The number of rotatable bonds is 3. The Morgan fingerprint density at radius 2 is 1.80 bits per heavy atom. The van der Waals surface area contributed by atoms with Gasteiger partial charge in [0.15, 0.2) is 0 Å². The van der Waals surface area contributed by atoms with Gasteiger partial charge in [-0.1, -0.05) is 41.9 Å². The maximum atomic E-state index is 12.8. The van der Waals surface area contributed by atoms with Gasteiger partial charge < -0.3 is 5.11 Å². The van der Waals surface area contributed by atoms with Crippen molar-refractivity contribution in [2.45, 2.75) is 6.18 Å². The molecule has 3 aromatic rings. The van der Waals surface area contributed by atoms with E-state index in [1.807, 2.05) is 24.3 Å². The van der Waals surface area contributed by atoms with Crippen molar-refractivity contribution in [1.29, 1.82) is 0 Å². The van der Waals surface area contributed by atoms with E-state index in [9.17, 15) is 18.3 Å². The Hall–Kier alpha value is -2.73. The normalized spacial score (nSPS) is 12.0. The number of phenolic OH excluding ortho intramolecular Hbond substituents is 1. The van der Waals surface area contributed by atoms with Crippen LogP contribution in [0.1, 0.15) is 11.1 Å². The summed E-state index contributed by atoms with van der Waals surface area (Å²) >= 11 is 5.90. The first kappa shape index (κ1) is 17.1. The molecule has 0 unspecified atom stereocenters. The van der Waals surface area contributed by atoms with Gasteiger partial charge in [0.25, 0.3) is 0 Å². The minimum absolute atomic E-state index is 0.0133. The van der Waals surface area contributed by atoms with Crippen molar-refractivity contribution in [2.24, 2.45) is 5.10 Å². The van der Waals surface area contributed by atoms with Crippen LogP contribution in [0.2, 0.25) is 5.02 Å². The van der Waals surface area contributed by atoms with Gasteiger partial charge in [0.2, 0.25) is 0 Å². The molecule has 7 heteroatoms. The number of alkyl halides is 3. The van der Waals surface area contributed by atoms with Gasteiger partial charge in [-0.3, -0.25) is 5.43 Å². The molecule has 3 aromatic carbocycles. The van der Waals surface area contributed by atoms with Crippen molar-refractivity contribution >= 4 is 34.3 Å². The number of benzene rings is 3. The van der Waals surface area contributed by atoms with Crippen LogP contribution in [0.25, 0.3) is 10.8 Å². The predicted octanol–water partition coefficient (Wildman–Crippen LogP) is 5.66. The second-order valence-electron chi connectivity index (χ2n) is 5.28. The lowest BCUT2D eigenvalue weighted by Crippen LogP contribution is -2.05. The highest BCUT2D eigenvalue weighted by molar-refractivity contribution is 6.33. The monoisotopic (exact) mass is 364 g/mol. The Morgan fingerprint density at radius 3 is 2.56 bits per heavy atom. The zero-order chi connectivity index (χ0) is 18.0. The summed E-state index contributed by atoms with van der Waals surface area (Å²) in [5.41, 5.74) is 2.13.